The van der Waals surface area contributed by atoms with E-state index in [1.807, 2.05) is 6.92 Å². The fraction of sp³-hybridized carbons (Fsp3) is 0.769. The van der Waals surface area contributed by atoms with Crippen molar-refractivity contribution in [3.8, 4) is 0 Å². The molecule has 5 heteroatoms. The van der Waals surface area contributed by atoms with Gasteiger partial charge in [-0.2, -0.15) is 0 Å². The van der Waals surface area contributed by atoms with Gasteiger partial charge in [0.25, 0.3) is 0 Å². The smallest absolute Gasteiger partial charge is 0.329 e. The van der Waals surface area contributed by atoms with Crippen molar-refractivity contribution in [2.24, 2.45) is 5.92 Å². The molecule has 0 aromatic carbocycles. The lowest BCUT2D eigenvalue weighted by Gasteiger charge is -2.29. The average Bonchev–Trinajstić information content (AvgIpc) is 2.59. The molecule has 0 saturated carbocycles. The highest BCUT2D eigenvalue weighted by Gasteiger charge is 2.38. The molecule has 0 N–H and O–H groups in total. The van der Waals surface area contributed by atoms with Crippen molar-refractivity contribution in [1.82, 2.24) is 4.90 Å². The molecule has 5 nitrogen and oxygen atoms in total. The van der Waals surface area contributed by atoms with Crippen LogP contribution in [0.2, 0.25) is 0 Å². The number of ether oxygens (including phenoxy) is 1. The van der Waals surface area contributed by atoms with Crippen molar-refractivity contribution in [2.45, 2.75) is 52.2 Å². The molecule has 1 rings (SSSR count). The van der Waals surface area contributed by atoms with Crippen LogP contribution in [0.1, 0.15) is 40.5 Å². The van der Waals surface area contributed by atoms with Gasteiger partial charge in [0, 0.05) is 18.9 Å². The van der Waals surface area contributed by atoms with E-state index in [0.29, 0.717) is 13.0 Å². The number of rotatable bonds is 4. The first-order valence-electron chi connectivity index (χ1n) is 6.26. The van der Waals surface area contributed by atoms with E-state index in [-0.39, 0.29) is 18.2 Å². The molecule has 1 heterocycles. The zero-order chi connectivity index (χ0) is 13.9. The van der Waals surface area contributed by atoms with E-state index in [1.54, 1.807) is 20.8 Å². The van der Waals surface area contributed by atoms with Crippen LogP contribution < -0.4 is 0 Å². The Kier molecular flexibility index (Phi) is 4.48. The van der Waals surface area contributed by atoms with Gasteiger partial charge in [-0.25, -0.2) is 4.79 Å². The highest BCUT2D eigenvalue weighted by molar-refractivity contribution is 5.88. The van der Waals surface area contributed by atoms with Gasteiger partial charge in [-0.05, 0) is 27.2 Å². The van der Waals surface area contributed by atoms with E-state index in [1.165, 1.54) is 4.90 Å². The number of carbonyl (C=O) groups is 3. The van der Waals surface area contributed by atoms with Crippen molar-refractivity contribution in [2.75, 3.05) is 6.54 Å². The summed E-state index contributed by atoms with van der Waals surface area (Å²) < 4.78 is 5.30. The third-order valence-corrected chi connectivity index (χ3v) is 2.82. The van der Waals surface area contributed by atoms with Crippen molar-refractivity contribution < 1.29 is 19.1 Å². The van der Waals surface area contributed by atoms with Gasteiger partial charge < -0.3 is 14.4 Å². The molecular formula is C13H21NO4. The summed E-state index contributed by atoms with van der Waals surface area (Å²) in [5.41, 5.74) is -0.572. The summed E-state index contributed by atoms with van der Waals surface area (Å²) in [5.74, 6) is -0.844. The summed E-state index contributed by atoms with van der Waals surface area (Å²) in [4.78, 5) is 36.0. The molecule has 0 bridgehead atoms. The molecule has 1 aliphatic rings. The molecule has 0 aromatic rings. The second kappa shape index (κ2) is 5.50. The number of esters is 1. The molecule has 102 valence electrons. The van der Waals surface area contributed by atoms with E-state index >= 15 is 0 Å². The summed E-state index contributed by atoms with van der Waals surface area (Å²) in [6.45, 7) is 7.52. The van der Waals surface area contributed by atoms with Gasteiger partial charge in [0.2, 0.25) is 5.91 Å². The number of likely N-dealkylation sites (tertiary alicyclic amines) is 1. The number of aldehydes is 1. The van der Waals surface area contributed by atoms with Gasteiger partial charge in [0.1, 0.15) is 17.9 Å². The third kappa shape index (κ3) is 3.55. The SMILES string of the molecule is CCC(C(=O)OC(C)(C)C)N1CC(C=O)CC1=O. The van der Waals surface area contributed by atoms with Crippen molar-refractivity contribution in [3.63, 3.8) is 0 Å². The van der Waals surface area contributed by atoms with Crippen LogP contribution in [0.4, 0.5) is 0 Å². The van der Waals surface area contributed by atoms with E-state index in [2.05, 4.69) is 0 Å². The molecule has 1 amide bonds. The minimum atomic E-state index is -0.582. The summed E-state index contributed by atoms with van der Waals surface area (Å²) in [6, 6.07) is -0.582. The van der Waals surface area contributed by atoms with Crippen LogP contribution in [0, 0.1) is 5.92 Å². The lowest BCUT2D eigenvalue weighted by Crippen LogP contribution is -2.45. The highest BCUT2D eigenvalue weighted by Crippen LogP contribution is 2.22. The van der Waals surface area contributed by atoms with Crippen LogP contribution in [-0.4, -0.2) is 41.3 Å². The summed E-state index contributed by atoms with van der Waals surface area (Å²) >= 11 is 0. The standard InChI is InChI=1S/C13H21NO4/c1-5-10(12(17)18-13(2,3)4)14-7-9(8-15)6-11(14)16/h8-10H,5-7H2,1-4H3. The van der Waals surface area contributed by atoms with Crippen molar-refractivity contribution >= 4 is 18.2 Å². The predicted molar refractivity (Wildman–Crippen MR) is 65.8 cm³/mol. The van der Waals surface area contributed by atoms with Gasteiger partial charge in [-0.3, -0.25) is 4.79 Å². The minimum absolute atomic E-state index is 0.148. The molecule has 0 aliphatic carbocycles. The fourth-order valence-corrected chi connectivity index (χ4v) is 2.04. The Morgan fingerprint density at radius 1 is 1.56 bits per heavy atom. The Labute approximate surface area is 107 Å². The zero-order valence-corrected chi connectivity index (χ0v) is 11.4. The Morgan fingerprint density at radius 3 is 2.56 bits per heavy atom. The van der Waals surface area contributed by atoms with E-state index < -0.39 is 17.6 Å². The van der Waals surface area contributed by atoms with Crippen LogP contribution in [0.25, 0.3) is 0 Å². The summed E-state index contributed by atoms with van der Waals surface area (Å²) in [6.07, 6.45) is 1.47. The molecule has 0 radical (unpaired) electrons. The monoisotopic (exact) mass is 255 g/mol. The first-order valence-corrected chi connectivity index (χ1v) is 6.26. The second-order valence-corrected chi connectivity index (χ2v) is 5.60. The number of nitrogens with zero attached hydrogens (tertiary/aromatic N) is 1. The molecular weight excluding hydrogens is 234 g/mol. The molecule has 0 spiro atoms. The Balaban J connectivity index is 2.75. The Hall–Kier alpha value is -1.39. The summed E-state index contributed by atoms with van der Waals surface area (Å²) in [5, 5.41) is 0. The fourth-order valence-electron chi connectivity index (χ4n) is 2.04. The van der Waals surface area contributed by atoms with Crippen molar-refractivity contribution in [3.05, 3.63) is 0 Å². The molecule has 1 saturated heterocycles. The molecule has 1 aliphatic heterocycles. The van der Waals surface area contributed by atoms with Gasteiger partial charge in [0.15, 0.2) is 0 Å². The molecule has 0 aromatic heterocycles. The maximum atomic E-state index is 12.0. The Bertz CT molecular complexity index is 345. The maximum absolute atomic E-state index is 12.0. The topological polar surface area (TPSA) is 63.7 Å². The van der Waals surface area contributed by atoms with Crippen LogP contribution in [0.15, 0.2) is 0 Å². The third-order valence-electron chi connectivity index (χ3n) is 2.82. The van der Waals surface area contributed by atoms with Gasteiger partial charge in [-0.15, -0.1) is 0 Å². The van der Waals surface area contributed by atoms with Crippen LogP contribution in [0.5, 0.6) is 0 Å². The zero-order valence-electron chi connectivity index (χ0n) is 11.4. The van der Waals surface area contributed by atoms with E-state index in [4.69, 9.17) is 4.74 Å². The molecule has 2 unspecified atom stereocenters. The van der Waals surface area contributed by atoms with Crippen LogP contribution in [-0.2, 0) is 19.1 Å². The summed E-state index contributed by atoms with van der Waals surface area (Å²) in [7, 11) is 0. The van der Waals surface area contributed by atoms with E-state index in [9.17, 15) is 14.4 Å². The maximum Gasteiger partial charge on any atom is 0.329 e. The minimum Gasteiger partial charge on any atom is -0.458 e. The lowest BCUT2D eigenvalue weighted by molar-refractivity contribution is -0.164. The first-order chi connectivity index (χ1) is 8.28. The lowest BCUT2D eigenvalue weighted by atomic mass is 10.1. The Morgan fingerprint density at radius 2 is 2.17 bits per heavy atom. The van der Waals surface area contributed by atoms with Crippen molar-refractivity contribution in [1.29, 1.82) is 0 Å². The predicted octanol–water partition coefficient (Wildman–Crippen LogP) is 1.15. The van der Waals surface area contributed by atoms with Gasteiger partial charge in [-0.1, -0.05) is 6.92 Å². The van der Waals surface area contributed by atoms with Crippen LogP contribution >= 0.6 is 0 Å². The van der Waals surface area contributed by atoms with Gasteiger partial charge in [0.05, 0.1) is 0 Å². The van der Waals surface area contributed by atoms with Crippen LogP contribution in [0.3, 0.4) is 0 Å². The van der Waals surface area contributed by atoms with Gasteiger partial charge >= 0.3 is 5.97 Å². The molecule has 18 heavy (non-hydrogen) atoms. The molecule has 2 atom stereocenters. The normalized spacial score (nSPS) is 21.9. The highest BCUT2D eigenvalue weighted by atomic mass is 16.6. The molecule has 1 fully saturated rings. The number of hydrogen-bond acceptors (Lipinski definition) is 4. The quantitative estimate of drug-likeness (QED) is 0.558. The number of carbonyl (C=O) groups excluding carboxylic acids is 3. The second-order valence-electron chi connectivity index (χ2n) is 5.60. The average molecular weight is 255 g/mol. The number of amides is 1. The number of hydrogen-bond donors (Lipinski definition) is 0. The first kappa shape index (κ1) is 14.7. The van der Waals surface area contributed by atoms with E-state index in [0.717, 1.165) is 6.29 Å². The largest absolute Gasteiger partial charge is 0.458 e.